The highest BCUT2D eigenvalue weighted by atomic mass is 19.1. The van der Waals surface area contributed by atoms with E-state index in [0.717, 1.165) is 0 Å². The van der Waals surface area contributed by atoms with Gasteiger partial charge in [0, 0.05) is 0 Å². The molecule has 0 aliphatic carbocycles. The van der Waals surface area contributed by atoms with Crippen LogP contribution >= 0.6 is 0 Å². The van der Waals surface area contributed by atoms with Gasteiger partial charge in [0.25, 0.3) is 0 Å². The Morgan fingerprint density at radius 3 is 2.84 bits per heavy atom. The summed E-state index contributed by atoms with van der Waals surface area (Å²) in [7, 11) is 0. The Morgan fingerprint density at radius 2 is 2.21 bits per heavy atom. The SMILES string of the molecule is CCOC=Nc1c(C#N)cnn1-c1ccc(F)cc1. The van der Waals surface area contributed by atoms with Crippen molar-refractivity contribution in [3.05, 3.63) is 41.8 Å². The van der Waals surface area contributed by atoms with Crippen LogP contribution in [0.25, 0.3) is 5.69 Å². The van der Waals surface area contributed by atoms with Crippen molar-refractivity contribution in [2.24, 2.45) is 4.99 Å². The van der Waals surface area contributed by atoms with Gasteiger partial charge in [-0.1, -0.05) is 0 Å². The minimum Gasteiger partial charge on any atom is -0.483 e. The van der Waals surface area contributed by atoms with Crippen LogP contribution in [0.1, 0.15) is 12.5 Å². The van der Waals surface area contributed by atoms with E-state index in [1.54, 1.807) is 12.1 Å². The Kier molecular flexibility index (Phi) is 3.88. The smallest absolute Gasteiger partial charge is 0.176 e. The van der Waals surface area contributed by atoms with Crippen molar-refractivity contribution in [1.82, 2.24) is 9.78 Å². The fraction of sp³-hybridized carbons (Fsp3) is 0.154. The van der Waals surface area contributed by atoms with Crippen molar-refractivity contribution in [3.8, 4) is 11.8 Å². The maximum absolute atomic E-state index is 12.9. The highest BCUT2D eigenvalue weighted by molar-refractivity contribution is 5.60. The van der Waals surface area contributed by atoms with Crippen LogP contribution < -0.4 is 0 Å². The Bertz CT molecular complexity index is 625. The lowest BCUT2D eigenvalue weighted by molar-refractivity contribution is 0.343. The summed E-state index contributed by atoms with van der Waals surface area (Å²) in [6.45, 7) is 2.31. The van der Waals surface area contributed by atoms with Crippen LogP contribution in [0.5, 0.6) is 0 Å². The fourth-order valence-electron chi connectivity index (χ4n) is 1.48. The molecule has 96 valence electrons. The molecule has 0 bridgehead atoms. The molecule has 0 fully saturated rings. The predicted octanol–water partition coefficient (Wildman–Crippen LogP) is 2.58. The molecule has 2 aromatic rings. The molecule has 2 rings (SSSR count). The second kappa shape index (κ2) is 5.78. The second-order valence-electron chi connectivity index (χ2n) is 3.57. The summed E-state index contributed by atoms with van der Waals surface area (Å²) in [6.07, 6.45) is 2.67. The van der Waals surface area contributed by atoms with Crippen LogP contribution in [-0.4, -0.2) is 22.8 Å². The first-order chi connectivity index (χ1) is 9.26. The lowest BCUT2D eigenvalue weighted by Crippen LogP contribution is -1.96. The van der Waals surface area contributed by atoms with Gasteiger partial charge >= 0.3 is 0 Å². The summed E-state index contributed by atoms with van der Waals surface area (Å²) < 4.78 is 19.4. The van der Waals surface area contributed by atoms with Gasteiger partial charge in [-0.3, -0.25) is 0 Å². The number of aromatic nitrogens is 2. The van der Waals surface area contributed by atoms with Crippen LogP contribution in [0, 0.1) is 17.1 Å². The highest BCUT2D eigenvalue weighted by Crippen LogP contribution is 2.22. The molecule has 19 heavy (non-hydrogen) atoms. The number of nitrogens with zero attached hydrogens (tertiary/aromatic N) is 4. The Labute approximate surface area is 109 Å². The number of nitriles is 1. The molecule has 0 unspecified atom stereocenters. The van der Waals surface area contributed by atoms with E-state index in [9.17, 15) is 4.39 Å². The lowest BCUT2D eigenvalue weighted by Gasteiger charge is -2.03. The molecule has 0 radical (unpaired) electrons. The molecule has 0 saturated carbocycles. The minimum atomic E-state index is -0.337. The van der Waals surface area contributed by atoms with E-state index in [1.165, 1.54) is 29.4 Å². The summed E-state index contributed by atoms with van der Waals surface area (Å²) in [5.41, 5.74) is 0.937. The summed E-state index contributed by atoms with van der Waals surface area (Å²) in [5, 5.41) is 13.1. The molecule has 1 heterocycles. The fourth-order valence-corrected chi connectivity index (χ4v) is 1.48. The van der Waals surface area contributed by atoms with Gasteiger partial charge < -0.3 is 4.74 Å². The molecule has 6 heteroatoms. The van der Waals surface area contributed by atoms with Gasteiger partial charge in [-0.15, -0.1) is 0 Å². The molecule has 1 aromatic carbocycles. The van der Waals surface area contributed by atoms with E-state index in [1.807, 2.05) is 13.0 Å². The van der Waals surface area contributed by atoms with E-state index in [0.29, 0.717) is 23.7 Å². The van der Waals surface area contributed by atoms with Crippen molar-refractivity contribution in [1.29, 1.82) is 5.26 Å². The van der Waals surface area contributed by atoms with Gasteiger partial charge in [0.1, 0.15) is 17.4 Å². The van der Waals surface area contributed by atoms with Gasteiger partial charge in [0.15, 0.2) is 12.2 Å². The number of hydrogen-bond donors (Lipinski definition) is 0. The predicted molar refractivity (Wildman–Crippen MR) is 68.0 cm³/mol. The van der Waals surface area contributed by atoms with Crippen LogP contribution in [-0.2, 0) is 4.74 Å². The summed E-state index contributed by atoms with van der Waals surface area (Å²) in [5.74, 6) is 0.0124. The number of aliphatic imine (C=N–C) groups is 1. The van der Waals surface area contributed by atoms with Crippen molar-refractivity contribution in [2.75, 3.05) is 6.61 Å². The molecule has 1 aromatic heterocycles. The standard InChI is InChI=1S/C13H11FN4O/c1-2-19-9-16-13-10(7-15)8-17-18(13)12-5-3-11(14)4-6-12/h3-6,8-9H,2H2,1H3. The van der Waals surface area contributed by atoms with E-state index in [-0.39, 0.29) is 5.82 Å². The lowest BCUT2D eigenvalue weighted by atomic mass is 10.3. The van der Waals surface area contributed by atoms with Crippen molar-refractivity contribution < 1.29 is 9.13 Å². The average Bonchev–Trinajstić information content (AvgIpc) is 2.83. The van der Waals surface area contributed by atoms with Crippen molar-refractivity contribution in [3.63, 3.8) is 0 Å². The molecule has 0 N–H and O–H groups in total. The van der Waals surface area contributed by atoms with Crippen molar-refractivity contribution >= 4 is 12.2 Å². The maximum atomic E-state index is 12.9. The quantitative estimate of drug-likeness (QED) is 0.625. The Morgan fingerprint density at radius 1 is 1.47 bits per heavy atom. The minimum absolute atomic E-state index is 0.320. The van der Waals surface area contributed by atoms with E-state index >= 15 is 0 Å². The largest absolute Gasteiger partial charge is 0.483 e. The molecule has 5 nitrogen and oxygen atoms in total. The topological polar surface area (TPSA) is 63.2 Å². The Balaban J connectivity index is 2.43. The normalized spacial score (nSPS) is 10.6. The molecule has 0 aliphatic heterocycles. The third kappa shape index (κ3) is 2.77. The number of hydrogen-bond acceptors (Lipinski definition) is 4. The summed E-state index contributed by atoms with van der Waals surface area (Å²) in [4.78, 5) is 4.06. The molecule has 0 atom stereocenters. The number of benzene rings is 1. The van der Waals surface area contributed by atoms with Crippen molar-refractivity contribution in [2.45, 2.75) is 6.92 Å². The zero-order chi connectivity index (χ0) is 13.7. The van der Waals surface area contributed by atoms with Gasteiger partial charge in [-0.2, -0.15) is 15.4 Å². The van der Waals surface area contributed by atoms with Crippen LogP contribution in [0.15, 0.2) is 35.5 Å². The Hall–Kier alpha value is -2.68. The van der Waals surface area contributed by atoms with E-state index < -0.39 is 0 Å². The average molecular weight is 258 g/mol. The summed E-state index contributed by atoms with van der Waals surface area (Å²) in [6, 6.07) is 7.75. The first kappa shape index (κ1) is 12.8. The van der Waals surface area contributed by atoms with Crippen LogP contribution in [0.4, 0.5) is 10.2 Å². The number of ether oxygens (including phenoxy) is 1. The monoisotopic (exact) mass is 258 g/mol. The number of halogens is 1. The van der Waals surface area contributed by atoms with E-state index in [4.69, 9.17) is 10.00 Å². The molecular weight excluding hydrogens is 247 g/mol. The molecule has 0 spiro atoms. The molecule has 0 saturated heterocycles. The number of rotatable bonds is 4. The summed E-state index contributed by atoms with van der Waals surface area (Å²) >= 11 is 0. The highest BCUT2D eigenvalue weighted by Gasteiger charge is 2.11. The van der Waals surface area contributed by atoms with Crippen LogP contribution in [0.2, 0.25) is 0 Å². The van der Waals surface area contributed by atoms with Crippen LogP contribution in [0.3, 0.4) is 0 Å². The first-order valence-corrected chi connectivity index (χ1v) is 5.64. The molecule has 0 aliphatic rings. The van der Waals surface area contributed by atoms with Gasteiger partial charge in [0.2, 0.25) is 0 Å². The first-order valence-electron chi connectivity index (χ1n) is 5.64. The zero-order valence-corrected chi connectivity index (χ0v) is 10.2. The van der Waals surface area contributed by atoms with Gasteiger partial charge in [0.05, 0.1) is 18.5 Å². The molecule has 0 amide bonds. The van der Waals surface area contributed by atoms with Gasteiger partial charge in [-0.05, 0) is 31.2 Å². The van der Waals surface area contributed by atoms with E-state index in [2.05, 4.69) is 10.1 Å². The molecular formula is C13H11FN4O. The second-order valence-corrected chi connectivity index (χ2v) is 3.57. The third-order valence-electron chi connectivity index (χ3n) is 2.35. The maximum Gasteiger partial charge on any atom is 0.176 e. The zero-order valence-electron chi connectivity index (χ0n) is 10.2. The third-order valence-corrected chi connectivity index (χ3v) is 2.35. The van der Waals surface area contributed by atoms with Gasteiger partial charge in [-0.25, -0.2) is 9.07 Å².